The van der Waals surface area contributed by atoms with Crippen LogP contribution in [0.5, 0.6) is 0 Å². The van der Waals surface area contributed by atoms with Crippen molar-refractivity contribution in [1.29, 1.82) is 0 Å². The number of ether oxygens (including phenoxy) is 1. The molecule has 0 atom stereocenters. The highest BCUT2D eigenvalue weighted by molar-refractivity contribution is 5.97. The monoisotopic (exact) mass is 324 g/mol. The van der Waals surface area contributed by atoms with Crippen molar-refractivity contribution in [3.05, 3.63) is 54.4 Å². The molecule has 2 aromatic heterocycles. The van der Waals surface area contributed by atoms with E-state index in [1.165, 1.54) is 0 Å². The van der Waals surface area contributed by atoms with Crippen molar-refractivity contribution >= 4 is 5.91 Å². The van der Waals surface area contributed by atoms with Crippen molar-refractivity contribution in [2.75, 3.05) is 26.3 Å². The molecule has 0 aliphatic carbocycles. The molecule has 1 aliphatic rings. The second-order valence-corrected chi connectivity index (χ2v) is 5.42. The summed E-state index contributed by atoms with van der Waals surface area (Å²) in [7, 11) is 0. The molecule has 7 nitrogen and oxygen atoms in total. The summed E-state index contributed by atoms with van der Waals surface area (Å²) < 4.78 is 12.5. The first-order chi connectivity index (χ1) is 11.8. The lowest BCUT2D eigenvalue weighted by molar-refractivity contribution is 0.0299. The Labute approximate surface area is 138 Å². The third kappa shape index (κ3) is 2.59. The maximum Gasteiger partial charge on any atom is 0.277 e. The molecule has 1 aliphatic heterocycles. The molecule has 0 radical (unpaired) electrons. The summed E-state index contributed by atoms with van der Waals surface area (Å²) >= 11 is 0. The first-order valence-corrected chi connectivity index (χ1v) is 7.76. The van der Waals surface area contributed by atoms with Gasteiger partial charge in [-0.05, 0) is 24.3 Å². The number of hydrogen-bond acceptors (Lipinski definition) is 5. The smallest absolute Gasteiger partial charge is 0.277 e. The zero-order valence-electron chi connectivity index (χ0n) is 13.0. The molecule has 0 N–H and O–H groups in total. The van der Waals surface area contributed by atoms with Crippen molar-refractivity contribution in [2.24, 2.45) is 0 Å². The van der Waals surface area contributed by atoms with Gasteiger partial charge in [0.1, 0.15) is 5.69 Å². The maximum absolute atomic E-state index is 12.9. The van der Waals surface area contributed by atoms with Crippen molar-refractivity contribution < 1.29 is 13.9 Å². The molecule has 0 bridgehead atoms. The lowest BCUT2D eigenvalue weighted by Gasteiger charge is -2.26. The number of rotatable bonds is 3. The van der Waals surface area contributed by atoms with Gasteiger partial charge in [0.2, 0.25) is 0 Å². The third-order valence-corrected chi connectivity index (χ3v) is 3.93. The van der Waals surface area contributed by atoms with E-state index in [-0.39, 0.29) is 11.6 Å². The van der Waals surface area contributed by atoms with Gasteiger partial charge in [-0.25, -0.2) is 4.68 Å². The molecule has 4 rings (SSSR count). The summed E-state index contributed by atoms with van der Waals surface area (Å²) in [5, 5.41) is 8.33. The van der Waals surface area contributed by atoms with Crippen molar-refractivity contribution in [1.82, 2.24) is 19.9 Å². The molecule has 1 aromatic carbocycles. The molecule has 0 spiro atoms. The van der Waals surface area contributed by atoms with Crippen LogP contribution in [0.4, 0.5) is 0 Å². The van der Waals surface area contributed by atoms with Gasteiger partial charge in [-0.1, -0.05) is 23.4 Å². The second-order valence-electron chi connectivity index (χ2n) is 5.42. The lowest BCUT2D eigenvalue weighted by Crippen LogP contribution is -2.41. The zero-order valence-corrected chi connectivity index (χ0v) is 13.0. The topological polar surface area (TPSA) is 73.4 Å². The number of aromatic nitrogens is 3. The molecule has 7 heteroatoms. The Bertz CT molecular complexity index is 821. The van der Waals surface area contributed by atoms with Gasteiger partial charge in [-0.3, -0.25) is 4.79 Å². The minimum Gasteiger partial charge on any atom is -0.463 e. The highest BCUT2D eigenvalue weighted by Crippen LogP contribution is 2.26. The quantitative estimate of drug-likeness (QED) is 0.737. The molecular weight excluding hydrogens is 308 g/mol. The van der Waals surface area contributed by atoms with Crippen molar-refractivity contribution in [3.63, 3.8) is 0 Å². The van der Waals surface area contributed by atoms with Crippen LogP contribution in [0.25, 0.3) is 17.1 Å². The number of para-hydroxylation sites is 1. The highest BCUT2D eigenvalue weighted by Gasteiger charge is 2.28. The predicted molar refractivity (Wildman–Crippen MR) is 85.8 cm³/mol. The average Bonchev–Trinajstić information content (AvgIpc) is 3.32. The number of carbonyl (C=O) groups excluding carboxylic acids is 1. The van der Waals surface area contributed by atoms with Gasteiger partial charge in [0.15, 0.2) is 11.5 Å². The normalized spacial score (nSPS) is 14.8. The minimum atomic E-state index is -0.160. The molecule has 1 saturated heterocycles. The van der Waals surface area contributed by atoms with E-state index in [1.807, 2.05) is 30.3 Å². The number of hydrogen-bond donors (Lipinski definition) is 0. The molecule has 0 saturated carbocycles. The Morgan fingerprint density at radius 2 is 1.83 bits per heavy atom. The number of carbonyl (C=O) groups is 1. The molecular formula is C17H16N4O3. The van der Waals surface area contributed by atoms with Crippen LogP contribution in [0.2, 0.25) is 0 Å². The summed E-state index contributed by atoms with van der Waals surface area (Å²) in [6.45, 7) is 2.17. The van der Waals surface area contributed by atoms with E-state index in [2.05, 4.69) is 10.3 Å². The fourth-order valence-corrected chi connectivity index (χ4v) is 2.73. The van der Waals surface area contributed by atoms with Crippen LogP contribution in [0.15, 0.2) is 53.1 Å². The van der Waals surface area contributed by atoms with Crippen LogP contribution in [0.1, 0.15) is 10.5 Å². The van der Waals surface area contributed by atoms with Gasteiger partial charge >= 0.3 is 0 Å². The van der Waals surface area contributed by atoms with Crippen LogP contribution < -0.4 is 0 Å². The first kappa shape index (κ1) is 14.6. The number of nitrogens with zero attached hydrogens (tertiary/aromatic N) is 4. The highest BCUT2D eigenvalue weighted by atomic mass is 16.5. The second kappa shape index (κ2) is 6.29. The van der Waals surface area contributed by atoms with E-state index in [4.69, 9.17) is 9.15 Å². The number of amides is 1. The molecule has 3 heterocycles. The SMILES string of the molecule is O=C(c1nnn(-c2ccccc2)c1-c1ccco1)N1CCOCC1. The lowest BCUT2D eigenvalue weighted by atomic mass is 10.2. The van der Waals surface area contributed by atoms with E-state index < -0.39 is 0 Å². The fourth-order valence-electron chi connectivity index (χ4n) is 2.73. The largest absolute Gasteiger partial charge is 0.463 e. The first-order valence-electron chi connectivity index (χ1n) is 7.76. The van der Waals surface area contributed by atoms with Crippen LogP contribution in [0, 0.1) is 0 Å². The summed E-state index contributed by atoms with van der Waals surface area (Å²) in [5.74, 6) is 0.396. The summed E-state index contributed by atoms with van der Waals surface area (Å²) in [5.41, 5.74) is 1.66. The van der Waals surface area contributed by atoms with E-state index >= 15 is 0 Å². The van der Waals surface area contributed by atoms with Gasteiger partial charge in [-0.2, -0.15) is 0 Å². The van der Waals surface area contributed by atoms with E-state index in [0.717, 1.165) is 5.69 Å². The van der Waals surface area contributed by atoms with Crippen LogP contribution in [0.3, 0.4) is 0 Å². The summed E-state index contributed by atoms with van der Waals surface area (Å²) in [6, 6.07) is 13.1. The van der Waals surface area contributed by atoms with Crippen molar-refractivity contribution in [3.8, 4) is 17.1 Å². The molecule has 24 heavy (non-hydrogen) atoms. The number of morpholine rings is 1. The fraction of sp³-hybridized carbons (Fsp3) is 0.235. The molecule has 1 fully saturated rings. The van der Waals surface area contributed by atoms with E-state index in [1.54, 1.807) is 28.0 Å². The Kier molecular flexibility index (Phi) is 3.84. The van der Waals surface area contributed by atoms with Gasteiger partial charge in [0.25, 0.3) is 5.91 Å². The zero-order chi connectivity index (χ0) is 16.4. The van der Waals surface area contributed by atoms with Gasteiger partial charge in [0.05, 0.1) is 25.2 Å². The van der Waals surface area contributed by atoms with Gasteiger partial charge in [-0.15, -0.1) is 5.10 Å². The Hall–Kier alpha value is -2.93. The van der Waals surface area contributed by atoms with E-state index in [0.29, 0.717) is 37.8 Å². The standard InChI is InChI=1S/C17H16N4O3/c22-17(20-8-11-23-12-9-20)15-16(14-7-4-10-24-14)21(19-18-15)13-5-2-1-3-6-13/h1-7,10H,8-9,11-12H2. The van der Waals surface area contributed by atoms with Crippen LogP contribution >= 0.6 is 0 Å². The van der Waals surface area contributed by atoms with Crippen LogP contribution in [-0.4, -0.2) is 52.1 Å². The Morgan fingerprint density at radius 3 is 2.54 bits per heavy atom. The van der Waals surface area contributed by atoms with Gasteiger partial charge < -0.3 is 14.1 Å². The molecule has 0 unspecified atom stereocenters. The molecule has 3 aromatic rings. The van der Waals surface area contributed by atoms with E-state index in [9.17, 15) is 4.79 Å². The number of benzene rings is 1. The van der Waals surface area contributed by atoms with Gasteiger partial charge in [0, 0.05) is 13.1 Å². The average molecular weight is 324 g/mol. The van der Waals surface area contributed by atoms with Crippen molar-refractivity contribution in [2.45, 2.75) is 0 Å². The third-order valence-electron chi connectivity index (χ3n) is 3.93. The minimum absolute atomic E-state index is 0.160. The van der Waals surface area contributed by atoms with Crippen LogP contribution in [-0.2, 0) is 4.74 Å². The Morgan fingerprint density at radius 1 is 1.04 bits per heavy atom. The summed E-state index contributed by atoms with van der Waals surface area (Å²) in [6.07, 6.45) is 1.57. The molecule has 122 valence electrons. The summed E-state index contributed by atoms with van der Waals surface area (Å²) in [4.78, 5) is 14.6. The Balaban J connectivity index is 1.80. The predicted octanol–water partition coefficient (Wildman–Crippen LogP) is 2.00. The number of furan rings is 1. The molecule has 1 amide bonds. The maximum atomic E-state index is 12.9.